The first-order valence-electron chi connectivity index (χ1n) is 3.53. The molecule has 0 bridgehead atoms. The van der Waals surface area contributed by atoms with E-state index in [1.165, 1.54) is 11.3 Å². The van der Waals surface area contributed by atoms with Crippen molar-refractivity contribution in [1.82, 2.24) is 4.98 Å². The van der Waals surface area contributed by atoms with Crippen molar-refractivity contribution >= 4 is 33.8 Å². The summed E-state index contributed by atoms with van der Waals surface area (Å²) >= 11 is 6.53. The molecule has 1 aromatic heterocycles. The van der Waals surface area contributed by atoms with Gasteiger partial charge >= 0.3 is 0 Å². The van der Waals surface area contributed by atoms with Crippen LogP contribution >= 0.6 is 23.6 Å². The van der Waals surface area contributed by atoms with Gasteiger partial charge in [-0.3, -0.25) is 0 Å². The van der Waals surface area contributed by atoms with Gasteiger partial charge in [0.2, 0.25) is 0 Å². The smallest absolute Gasteiger partial charge is 0.159 e. The molecule has 62 valence electrons. The summed E-state index contributed by atoms with van der Waals surface area (Å²) in [4.78, 5) is 3.05. The van der Waals surface area contributed by atoms with E-state index in [1.807, 2.05) is 18.2 Å². The second-order valence-corrected chi connectivity index (χ2v) is 4.18. The lowest BCUT2D eigenvalue weighted by Gasteiger charge is -1.95. The summed E-state index contributed by atoms with van der Waals surface area (Å²) in [5.41, 5.74) is 1.87. The largest absolute Gasteiger partial charge is 0.392 e. The maximum atomic E-state index is 9.00. The molecule has 0 saturated carbocycles. The first-order chi connectivity index (χ1) is 5.81. The Bertz CT molecular complexity index is 457. The van der Waals surface area contributed by atoms with Crippen LogP contribution < -0.4 is 0 Å². The number of nitrogens with one attached hydrogen (secondary N) is 1. The second kappa shape index (κ2) is 2.97. The molecule has 0 atom stereocenters. The van der Waals surface area contributed by atoms with Crippen molar-refractivity contribution in [2.75, 3.05) is 0 Å². The SMILES string of the molecule is OCc1cccc2sc(=S)[nH]c12. The van der Waals surface area contributed by atoms with E-state index in [4.69, 9.17) is 17.3 Å². The van der Waals surface area contributed by atoms with Crippen LogP contribution in [-0.2, 0) is 6.61 Å². The van der Waals surface area contributed by atoms with Gasteiger partial charge in [-0.05, 0) is 18.3 Å². The van der Waals surface area contributed by atoms with Crippen LogP contribution in [-0.4, -0.2) is 10.1 Å². The normalized spacial score (nSPS) is 10.8. The summed E-state index contributed by atoms with van der Waals surface area (Å²) in [6.07, 6.45) is 0. The quantitative estimate of drug-likeness (QED) is 0.689. The van der Waals surface area contributed by atoms with Crippen molar-refractivity contribution in [2.24, 2.45) is 0 Å². The highest BCUT2D eigenvalue weighted by molar-refractivity contribution is 7.73. The summed E-state index contributed by atoms with van der Waals surface area (Å²) in [5, 5.41) is 9.00. The Balaban J connectivity index is 2.87. The molecular formula is C8H7NOS2. The van der Waals surface area contributed by atoms with Crippen molar-refractivity contribution in [3.8, 4) is 0 Å². The van der Waals surface area contributed by atoms with E-state index in [0.29, 0.717) is 0 Å². The van der Waals surface area contributed by atoms with Crippen LogP contribution in [0.25, 0.3) is 10.2 Å². The molecule has 0 saturated heterocycles. The standard InChI is InChI=1S/C8H7NOS2/c10-4-5-2-1-3-6-7(5)9-8(11)12-6/h1-3,10H,4H2,(H,9,11). The van der Waals surface area contributed by atoms with Gasteiger partial charge in [-0.25, -0.2) is 0 Å². The predicted molar refractivity (Wildman–Crippen MR) is 52.9 cm³/mol. The number of aromatic amines is 1. The van der Waals surface area contributed by atoms with Crippen LogP contribution in [0, 0.1) is 3.95 Å². The zero-order chi connectivity index (χ0) is 8.55. The summed E-state index contributed by atoms with van der Waals surface area (Å²) in [5.74, 6) is 0. The Morgan fingerprint density at radius 3 is 3.08 bits per heavy atom. The third-order valence-corrected chi connectivity index (χ3v) is 2.91. The van der Waals surface area contributed by atoms with Crippen LogP contribution in [0.5, 0.6) is 0 Å². The number of aromatic nitrogens is 1. The Morgan fingerprint density at radius 2 is 2.33 bits per heavy atom. The number of aliphatic hydroxyl groups is 1. The number of hydrogen-bond donors (Lipinski definition) is 2. The Kier molecular flexibility index (Phi) is 1.96. The van der Waals surface area contributed by atoms with Gasteiger partial charge in [0, 0.05) is 5.56 Å². The Labute approximate surface area is 78.5 Å². The summed E-state index contributed by atoms with van der Waals surface area (Å²) < 4.78 is 1.86. The highest BCUT2D eigenvalue weighted by Crippen LogP contribution is 2.22. The Hall–Kier alpha value is -0.710. The minimum Gasteiger partial charge on any atom is -0.392 e. The maximum absolute atomic E-state index is 9.00. The van der Waals surface area contributed by atoms with Gasteiger partial charge in [0.25, 0.3) is 0 Å². The number of thiazole rings is 1. The van der Waals surface area contributed by atoms with Gasteiger partial charge in [-0.2, -0.15) is 0 Å². The molecule has 2 nitrogen and oxygen atoms in total. The van der Waals surface area contributed by atoms with E-state index in [2.05, 4.69) is 4.98 Å². The number of benzene rings is 1. The van der Waals surface area contributed by atoms with Gasteiger partial charge in [0.15, 0.2) is 3.95 Å². The van der Waals surface area contributed by atoms with Crippen LogP contribution in [0.3, 0.4) is 0 Å². The molecule has 4 heteroatoms. The number of para-hydroxylation sites is 1. The van der Waals surface area contributed by atoms with Crippen LogP contribution in [0.15, 0.2) is 18.2 Å². The Morgan fingerprint density at radius 1 is 1.50 bits per heavy atom. The van der Waals surface area contributed by atoms with Gasteiger partial charge in [-0.15, -0.1) is 11.3 Å². The lowest BCUT2D eigenvalue weighted by atomic mass is 10.2. The molecule has 0 radical (unpaired) electrons. The highest BCUT2D eigenvalue weighted by Gasteiger charge is 2.00. The molecule has 0 aliphatic carbocycles. The molecule has 1 aromatic carbocycles. The molecule has 0 amide bonds. The van der Waals surface area contributed by atoms with Crippen LogP contribution in [0.4, 0.5) is 0 Å². The molecule has 0 aliphatic heterocycles. The van der Waals surface area contributed by atoms with E-state index in [9.17, 15) is 0 Å². The molecule has 2 N–H and O–H groups in total. The minimum absolute atomic E-state index is 0.0549. The summed E-state index contributed by atoms with van der Waals surface area (Å²) in [6, 6.07) is 5.80. The molecule has 1 heterocycles. The fourth-order valence-electron chi connectivity index (χ4n) is 1.16. The third kappa shape index (κ3) is 1.18. The van der Waals surface area contributed by atoms with Crippen molar-refractivity contribution in [1.29, 1.82) is 0 Å². The van der Waals surface area contributed by atoms with E-state index in [0.717, 1.165) is 19.7 Å². The van der Waals surface area contributed by atoms with E-state index in [-0.39, 0.29) is 6.61 Å². The molecule has 12 heavy (non-hydrogen) atoms. The van der Waals surface area contributed by atoms with Gasteiger partial charge in [0.05, 0.1) is 16.8 Å². The molecule has 0 aliphatic rings. The van der Waals surface area contributed by atoms with Gasteiger partial charge in [0.1, 0.15) is 0 Å². The number of hydrogen-bond acceptors (Lipinski definition) is 3. The lowest BCUT2D eigenvalue weighted by molar-refractivity contribution is 0.283. The first kappa shape index (κ1) is 7.91. The van der Waals surface area contributed by atoms with Crippen molar-refractivity contribution < 1.29 is 5.11 Å². The summed E-state index contributed by atoms with van der Waals surface area (Å²) in [6.45, 7) is 0.0549. The zero-order valence-corrected chi connectivity index (χ0v) is 7.84. The van der Waals surface area contributed by atoms with Crippen molar-refractivity contribution in [3.05, 3.63) is 27.7 Å². The molecule has 2 rings (SSSR count). The molecule has 0 unspecified atom stereocenters. The van der Waals surface area contributed by atoms with Crippen molar-refractivity contribution in [3.63, 3.8) is 0 Å². The maximum Gasteiger partial charge on any atom is 0.159 e. The average molecular weight is 197 g/mol. The van der Waals surface area contributed by atoms with Crippen molar-refractivity contribution in [2.45, 2.75) is 6.61 Å². The van der Waals surface area contributed by atoms with Crippen LogP contribution in [0.2, 0.25) is 0 Å². The minimum atomic E-state index is 0.0549. The zero-order valence-electron chi connectivity index (χ0n) is 6.20. The number of fused-ring (bicyclic) bond motifs is 1. The van der Waals surface area contributed by atoms with Gasteiger partial charge < -0.3 is 10.1 Å². The first-order valence-corrected chi connectivity index (χ1v) is 4.75. The highest BCUT2D eigenvalue weighted by atomic mass is 32.1. The fraction of sp³-hybridized carbons (Fsp3) is 0.125. The topological polar surface area (TPSA) is 36.0 Å². The number of aliphatic hydroxyl groups excluding tert-OH is 1. The number of H-pyrrole nitrogens is 1. The predicted octanol–water partition coefficient (Wildman–Crippen LogP) is 2.45. The van der Waals surface area contributed by atoms with Gasteiger partial charge in [-0.1, -0.05) is 12.1 Å². The third-order valence-electron chi connectivity index (χ3n) is 1.71. The second-order valence-electron chi connectivity index (χ2n) is 2.46. The molecule has 2 aromatic rings. The van der Waals surface area contributed by atoms with E-state index < -0.39 is 0 Å². The number of rotatable bonds is 1. The molecule has 0 fully saturated rings. The van der Waals surface area contributed by atoms with E-state index >= 15 is 0 Å². The fourth-order valence-corrected chi connectivity index (χ4v) is 2.32. The lowest BCUT2D eigenvalue weighted by Crippen LogP contribution is -1.83. The summed E-state index contributed by atoms with van der Waals surface area (Å²) in [7, 11) is 0. The average Bonchev–Trinajstić information content (AvgIpc) is 2.44. The monoisotopic (exact) mass is 197 g/mol. The molecule has 0 spiro atoms. The van der Waals surface area contributed by atoms with Crippen LogP contribution in [0.1, 0.15) is 5.56 Å². The van der Waals surface area contributed by atoms with E-state index in [1.54, 1.807) is 0 Å². The molecular weight excluding hydrogens is 190 g/mol.